The number of aromatic nitrogens is 3. The van der Waals surface area contributed by atoms with E-state index in [1.807, 2.05) is 16.8 Å². The van der Waals surface area contributed by atoms with Crippen molar-refractivity contribution in [2.75, 3.05) is 33.4 Å². The lowest BCUT2D eigenvalue weighted by molar-refractivity contribution is -0.138. The van der Waals surface area contributed by atoms with Gasteiger partial charge in [-0.05, 0) is 18.6 Å². The molecule has 0 spiro atoms. The molecule has 4 rings (SSSR count). The van der Waals surface area contributed by atoms with E-state index in [4.69, 9.17) is 4.74 Å². The zero-order valence-electron chi connectivity index (χ0n) is 14.6. The summed E-state index contributed by atoms with van der Waals surface area (Å²) < 4.78 is 7.38. The molecule has 2 saturated heterocycles. The number of pyridine rings is 1. The standard InChI is InChI=1S/C18H21N5O3/c1-19-17(25)18-3-7-26-10-13(18)9-23(11-18)16(24)15-8-14(2-4-21-15)22-6-5-20-12-22/h2,4-6,8,12-13H,3,7,9-11H2,1H3,(H,19,25)/t13-,18+/m1/s1. The topological polar surface area (TPSA) is 89.4 Å². The monoisotopic (exact) mass is 355 g/mol. The minimum Gasteiger partial charge on any atom is -0.381 e. The van der Waals surface area contributed by atoms with Gasteiger partial charge < -0.3 is 19.5 Å². The molecule has 0 aliphatic carbocycles. The van der Waals surface area contributed by atoms with Gasteiger partial charge in [-0.15, -0.1) is 0 Å². The number of hydrogen-bond acceptors (Lipinski definition) is 5. The number of fused-ring (bicyclic) bond motifs is 1. The Morgan fingerprint density at radius 1 is 1.38 bits per heavy atom. The molecule has 2 fully saturated rings. The molecule has 2 amide bonds. The van der Waals surface area contributed by atoms with Crippen molar-refractivity contribution in [1.29, 1.82) is 0 Å². The molecule has 2 aliphatic rings. The van der Waals surface area contributed by atoms with E-state index in [-0.39, 0.29) is 17.7 Å². The quantitative estimate of drug-likeness (QED) is 0.866. The number of rotatable bonds is 3. The number of ether oxygens (including phenoxy) is 1. The third kappa shape index (κ3) is 2.66. The summed E-state index contributed by atoms with van der Waals surface area (Å²) in [6, 6.07) is 3.57. The molecule has 26 heavy (non-hydrogen) atoms. The van der Waals surface area contributed by atoms with Crippen LogP contribution < -0.4 is 5.32 Å². The van der Waals surface area contributed by atoms with Crippen LogP contribution in [0.5, 0.6) is 0 Å². The van der Waals surface area contributed by atoms with E-state index in [2.05, 4.69) is 15.3 Å². The maximum atomic E-state index is 13.0. The van der Waals surface area contributed by atoms with Crippen molar-refractivity contribution in [2.45, 2.75) is 6.42 Å². The third-order valence-corrected chi connectivity index (χ3v) is 5.44. The summed E-state index contributed by atoms with van der Waals surface area (Å²) in [5.41, 5.74) is 0.620. The Labute approximate surface area is 151 Å². The minimum atomic E-state index is -0.565. The maximum Gasteiger partial charge on any atom is 0.272 e. The van der Waals surface area contributed by atoms with Crippen LogP contribution in [0, 0.1) is 11.3 Å². The molecule has 2 aliphatic heterocycles. The molecular weight excluding hydrogens is 334 g/mol. The third-order valence-electron chi connectivity index (χ3n) is 5.44. The molecule has 0 bridgehead atoms. The molecule has 0 saturated carbocycles. The molecule has 2 aromatic rings. The van der Waals surface area contributed by atoms with Crippen LogP contribution in [-0.4, -0.2) is 64.6 Å². The number of imidazole rings is 1. The van der Waals surface area contributed by atoms with E-state index < -0.39 is 5.41 Å². The van der Waals surface area contributed by atoms with Gasteiger partial charge in [0.15, 0.2) is 0 Å². The van der Waals surface area contributed by atoms with Crippen LogP contribution in [-0.2, 0) is 9.53 Å². The fourth-order valence-corrected chi connectivity index (χ4v) is 4.00. The Balaban J connectivity index is 1.60. The van der Waals surface area contributed by atoms with Crippen LogP contribution in [0.2, 0.25) is 0 Å². The van der Waals surface area contributed by atoms with Gasteiger partial charge in [-0.3, -0.25) is 14.6 Å². The molecular formula is C18H21N5O3. The fraction of sp³-hybridized carbons (Fsp3) is 0.444. The molecule has 2 aromatic heterocycles. The van der Waals surface area contributed by atoms with Crippen LogP contribution in [0.4, 0.5) is 0 Å². The second-order valence-electron chi connectivity index (χ2n) is 6.81. The molecule has 8 nitrogen and oxygen atoms in total. The van der Waals surface area contributed by atoms with E-state index in [0.29, 0.717) is 38.4 Å². The lowest BCUT2D eigenvalue weighted by Crippen LogP contribution is -2.49. The molecule has 136 valence electrons. The molecule has 2 atom stereocenters. The molecule has 0 radical (unpaired) electrons. The molecule has 1 N–H and O–H groups in total. The zero-order valence-corrected chi connectivity index (χ0v) is 14.6. The maximum absolute atomic E-state index is 13.0. The van der Waals surface area contributed by atoms with Crippen LogP contribution in [0.15, 0.2) is 37.1 Å². The highest BCUT2D eigenvalue weighted by Gasteiger charge is 2.54. The molecule has 4 heterocycles. The van der Waals surface area contributed by atoms with E-state index in [1.165, 1.54) is 0 Å². The van der Waals surface area contributed by atoms with Crippen LogP contribution >= 0.6 is 0 Å². The van der Waals surface area contributed by atoms with Crippen LogP contribution in [0.25, 0.3) is 5.69 Å². The highest BCUT2D eigenvalue weighted by atomic mass is 16.5. The predicted molar refractivity (Wildman–Crippen MR) is 92.7 cm³/mol. The number of nitrogens with zero attached hydrogens (tertiary/aromatic N) is 4. The Morgan fingerprint density at radius 2 is 2.27 bits per heavy atom. The lowest BCUT2D eigenvalue weighted by Gasteiger charge is -2.36. The van der Waals surface area contributed by atoms with Gasteiger partial charge >= 0.3 is 0 Å². The SMILES string of the molecule is CNC(=O)[C@]12CCOC[C@H]1CN(C(=O)c1cc(-n3ccnc3)ccn1)C2. The first-order valence-corrected chi connectivity index (χ1v) is 8.67. The molecule has 8 heteroatoms. The van der Waals surface area contributed by atoms with E-state index >= 15 is 0 Å². The van der Waals surface area contributed by atoms with Crippen molar-refractivity contribution in [2.24, 2.45) is 11.3 Å². The fourth-order valence-electron chi connectivity index (χ4n) is 4.00. The number of hydrogen-bond donors (Lipinski definition) is 1. The second-order valence-corrected chi connectivity index (χ2v) is 6.81. The van der Waals surface area contributed by atoms with Gasteiger partial charge in [0.1, 0.15) is 5.69 Å². The number of carbonyl (C=O) groups excluding carboxylic acids is 2. The summed E-state index contributed by atoms with van der Waals surface area (Å²) >= 11 is 0. The first-order chi connectivity index (χ1) is 12.6. The van der Waals surface area contributed by atoms with Gasteiger partial charge in [0.05, 0.1) is 24.0 Å². The average Bonchev–Trinajstić information content (AvgIpc) is 3.35. The van der Waals surface area contributed by atoms with Gasteiger partial charge in [-0.25, -0.2) is 4.98 Å². The first kappa shape index (κ1) is 16.7. The zero-order chi connectivity index (χ0) is 18.1. The summed E-state index contributed by atoms with van der Waals surface area (Å²) in [7, 11) is 1.64. The van der Waals surface area contributed by atoms with Crippen LogP contribution in [0.1, 0.15) is 16.9 Å². The van der Waals surface area contributed by atoms with Crippen molar-refractivity contribution >= 4 is 11.8 Å². The lowest BCUT2D eigenvalue weighted by atomic mass is 9.73. The summed E-state index contributed by atoms with van der Waals surface area (Å²) in [6.45, 7) is 1.94. The Hall–Kier alpha value is -2.74. The molecule has 0 unspecified atom stereocenters. The summed E-state index contributed by atoms with van der Waals surface area (Å²) in [4.78, 5) is 35.6. The number of amides is 2. The predicted octanol–water partition coefficient (Wildman–Crippen LogP) is 0.492. The first-order valence-electron chi connectivity index (χ1n) is 8.67. The Bertz CT molecular complexity index is 822. The molecule has 0 aromatic carbocycles. The van der Waals surface area contributed by atoms with E-state index in [0.717, 1.165) is 5.69 Å². The Morgan fingerprint density at radius 3 is 3.04 bits per heavy atom. The van der Waals surface area contributed by atoms with Gasteiger partial charge in [0.2, 0.25) is 5.91 Å². The van der Waals surface area contributed by atoms with Gasteiger partial charge in [-0.1, -0.05) is 0 Å². The van der Waals surface area contributed by atoms with Crippen molar-refractivity contribution in [3.05, 3.63) is 42.7 Å². The summed E-state index contributed by atoms with van der Waals surface area (Å²) in [5, 5.41) is 2.77. The Kier molecular flexibility index (Phi) is 4.20. The average molecular weight is 355 g/mol. The van der Waals surface area contributed by atoms with E-state index in [9.17, 15) is 9.59 Å². The smallest absolute Gasteiger partial charge is 0.272 e. The van der Waals surface area contributed by atoms with Crippen LogP contribution in [0.3, 0.4) is 0 Å². The number of nitrogens with one attached hydrogen (secondary N) is 1. The number of carbonyl (C=O) groups is 2. The normalized spacial score (nSPS) is 25.0. The van der Waals surface area contributed by atoms with Gasteiger partial charge in [-0.2, -0.15) is 0 Å². The second kappa shape index (κ2) is 6.53. The van der Waals surface area contributed by atoms with Crippen molar-refractivity contribution in [3.8, 4) is 5.69 Å². The largest absolute Gasteiger partial charge is 0.381 e. The van der Waals surface area contributed by atoms with Crippen molar-refractivity contribution < 1.29 is 14.3 Å². The highest BCUT2D eigenvalue weighted by Crippen LogP contribution is 2.42. The summed E-state index contributed by atoms with van der Waals surface area (Å²) in [5.74, 6) is -0.164. The van der Waals surface area contributed by atoms with Crippen molar-refractivity contribution in [1.82, 2.24) is 24.8 Å². The van der Waals surface area contributed by atoms with Gasteiger partial charge in [0.25, 0.3) is 5.91 Å². The van der Waals surface area contributed by atoms with Crippen molar-refractivity contribution in [3.63, 3.8) is 0 Å². The minimum absolute atomic E-state index is 0.0111. The highest BCUT2D eigenvalue weighted by molar-refractivity contribution is 5.94. The number of likely N-dealkylation sites (tertiary alicyclic amines) is 1. The summed E-state index contributed by atoms with van der Waals surface area (Å²) in [6.07, 6.45) is 7.41. The van der Waals surface area contributed by atoms with E-state index in [1.54, 1.807) is 36.7 Å². The van der Waals surface area contributed by atoms with Gasteiger partial charge in [0, 0.05) is 51.3 Å².